The first-order chi connectivity index (χ1) is 10.2. The molecule has 1 saturated heterocycles. The summed E-state index contributed by atoms with van der Waals surface area (Å²) in [6.07, 6.45) is 3.62. The Bertz CT molecular complexity index is 493. The van der Waals surface area contributed by atoms with Gasteiger partial charge in [-0.25, -0.2) is 4.79 Å². The molecular weight excluding hydrogens is 264 g/mol. The minimum atomic E-state index is -0.0358. The molecule has 0 aliphatic carbocycles. The molecule has 0 unspecified atom stereocenters. The lowest BCUT2D eigenvalue weighted by atomic mass is 10.1. The molecule has 1 fully saturated rings. The van der Waals surface area contributed by atoms with E-state index in [1.54, 1.807) is 6.20 Å². The van der Waals surface area contributed by atoms with Gasteiger partial charge in [-0.1, -0.05) is 29.8 Å². The predicted molar refractivity (Wildman–Crippen MR) is 85.8 cm³/mol. The van der Waals surface area contributed by atoms with Crippen molar-refractivity contribution in [1.82, 2.24) is 15.1 Å². The van der Waals surface area contributed by atoms with Crippen LogP contribution in [-0.4, -0.2) is 55.1 Å². The molecule has 0 saturated carbocycles. The second-order valence-electron chi connectivity index (χ2n) is 5.31. The molecule has 0 radical (unpaired) electrons. The second kappa shape index (κ2) is 7.81. The zero-order valence-corrected chi connectivity index (χ0v) is 12.6. The normalized spacial score (nSPS) is 16.4. The minimum absolute atomic E-state index is 0.0358. The monoisotopic (exact) mass is 288 g/mol. The van der Waals surface area contributed by atoms with E-state index < -0.39 is 0 Å². The molecule has 1 aliphatic heterocycles. The van der Waals surface area contributed by atoms with Crippen molar-refractivity contribution in [3.05, 3.63) is 41.6 Å². The molecule has 5 nitrogen and oxygen atoms in total. The van der Waals surface area contributed by atoms with Crippen LogP contribution in [0.2, 0.25) is 0 Å². The molecule has 1 aromatic carbocycles. The molecule has 2 amide bonds. The van der Waals surface area contributed by atoms with Gasteiger partial charge in [0.15, 0.2) is 0 Å². The Labute approximate surface area is 126 Å². The Morgan fingerprint density at radius 1 is 1.33 bits per heavy atom. The number of nitrogens with two attached hydrogens (primary N) is 1. The fourth-order valence-electron chi connectivity index (χ4n) is 2.43. The van der Waals surface area contributed by atoms with Crippen molar-refractivity contribution >= 4 is 12.1 Å². The van der Waals surface area contributed by atoms with Crippen molar-refractivity contribution in [2.75, 3.05) is 39.3 Å². The summed E-state index contributed by atoms with van der Waals surface area (Å²) < 4.78 is 0. The van der Waals surface area contributed by atoms with Crippen molar-refractivity contribution in [2.45, 2.75) is 6.92 Å². The van der Waals surface area contributed by atoms with Crippen molar-refractivity contribution in [3.63, 3.8) is 0 Å². The summed E-state index contributed by atoms with van der Waals surface area (Å²) in [6.45, 7) is 6.93. The van der Waals surface area contributed by atoms with Crippen LogP contribution < -0.4 is 11.1 Å². The maximum atomic E-state index is 12.0. The largest absolute Gasteiger partial charge is 0.329 e. The van der Waals surface area contributed by atoms with E-state index in [1.807, 2.05) is 23.1 Å². The second-order valence-corrected chi connectivity index (χ2v) is 5.31. The first-order valence-corrected chi connectivity index (χ1v) is 7.40. The van der Waals surface area contributed by atoms with Crippen LogP contribution in [0.5, 0.6) is 0 Å². The van der Waals surface area contributed by atoms with Gasteiger partial charge >= 0.3 is 6.03 Å². The number of carbonyl (C=O) groups is 1. The average molecular weight is 288 g/mol. The van der Waals surface area contributed by atoms with Crippen LogP contribution in [0.15, 0.2) is 30.5 Å². The summed E-state index contributed by atoms with van der Waals surface area (Å²) in [5.74, 6) is 0. The van der Waals surface area contributed by atoms with Gasteiger partial charge in [0.25, 0.3) is 0 Å². The first kappa shape index (κ1) is 15.5. The van der Waals surface area contributed by atoms with Gasteiger partial charge in [0.1, 0.15) is 0 Å². The van der Waals surface area contributed by atoms with Gasteiger partial charge in [0.05, 0.1) is 0 Å². The van der Waals surface area contributed by atoms with Crippen LogP contribution >= 0.6 is 0 Å². The molecule has 5 heteroatoms. The SMILES string of the molecule is Cc1cccc(/C=C/NC(=O)N2CCN(CCN)CC2)c1. The third kappa shape index (κ3) is 4.88. The highest BCUT2D eigenvalue weighted by Crippen LogP contribution is 2.05. The van der Waals surface area contributed by atoms with Gasteiger partial charge in [-0.05, 0) is 18.6 Å². The number of urea groups is 1. The smallest absolute Gasteiger partial charge is 0.321 e. The van der Waals surface area contributed by atoms with Crippen LogP contribution in [0.3, 0.4) is 0 Å². The predicted octanol–water partition coefficient (Wildman–Crippen LogP) is 1.25. The molecule has 0 atom stereocenters. The number of nitrogens with one attached hydrogen (secondary N) is 1. The summed E-state index contributed by atoms with van der Waals surface area (Å²) in [4.78, 5) is 16.2. The van der Waals surface area contributed by atoms with Gasteiger partial charge in [-0.2, -0.15) is 0 Å². The maximum absolute atomic E-state index is 12.0. The summed E-state index contributed by atoms with van der Waals surface area (Å²) >= 11 is 0. The van der Waals surface area contributed by atoms with E-state index in [0.717, 1.165) is 38.3 Å². The number of hydrogen-bond acceptors (Lipinski definition) is 3. The highest BCUT2D eigenvalue weighted by atomic mass is 16.2. The lowest BCUT2D eigenvalue weighted by Gasteiger charge is -2.34. The van der Waals surface area contributed by atoms with E-state index in [4.69, 9.17) is 5.73 Å². The van der Waals surface area contributed by atoms with Crippen LogP contribution in [-0.2, 0) is 0 Å². The van der Waals surface area contributed by atoms with Gasteiger partial charge in [0.2, 0.25) is 0 Å². The number of benzene rings is 1. The Morgan fingerprint density at radius 2 is 2.10 bits per heavy atom. The van der Waals surface area contributed by atoms with Crippen molar-refractivity contribution in [3.8, 4) is 0 Å². The minimum Gasteiger partial charge on any atom is -0.329 e. The van der Waals surface area contributed by atoms with Gasteiger partial charge in [-0.15, -0.1) is 0 Å². The zero-order chi connectivity index (χ0) is 15.1. The van der Waals surface area contributed by atoms with Crippen LogP contribution in [0.4, 0.5) is 4.79 Å². The third-order valence-corrected chi connectivity index (χ3v) is 3.63. The molecule has 0 spiro atoms. The number of carbonyl (C=O) groups excluding carboxylic acids is 1. The number of rotatable bonds is 4. The molecule has 2 rings (SSSR count). The topological polar surface area (TPSA) is 61.6 Å². The fourth-order valence-corrected chi connectivity index (χ4v) is 2.43. The van der Waals surface area contributed by atoms with E-state index in [-0.39, 0.29) is 6.03 Å². The fraction of sp³-hybridized carbons (Fsp3) is 0.438. The van der Waals surface area contributed by atoms with Crippen molar-refractivity contribution < 1.29 is 4.79 Å². The summed E-state index contributed by atoms with van der Waals surface area (Å²) in [5, 5.41) is 2.83. The molecule has 114 valence electrons. The standard InChI is InChI=1S/C16H24N4O/c1-14-3-2-4-15(13-14)5-7-18-16(21)20-11-9-19(8-6-17)10-12-20/h2-5,7,13H,6,8-12,17H2,1H3,(H,18,21)/b7-5+. The number of hydrogen-bond donors (Lipinski definition) is 2. The van der Waals surface area contributed by atoms with Gasteiger partial charge in [0, 0.05) is 45.5 Å². The molecule has 0 aromatic heterocycles. The highest BCUT2D eigenvalue weighted by molar-refractivity contribution is 5.76. The number of amides is 2. The zero-order valence-electron chi connectivity index (χ0n) is 12.6. The van der Waals surface area contributed by atoms with E-state index in [1.165, 1.54) is 5.56 Å². The van der Waals surface area contributed by atoms with E-state index in [2.05, 4.69) is 29.3 Å². The Morgan fingerprint density at radius 3 is 2.76 bits per heavy atom. The Hall–Kier alpha value is -1.85. The van der Waals surface area contributed by atoms with E-state index in [0.29, 0.717) is 6.54 Å². The van der Waals surface area contributed by atoms with E-state index >= 15 is 0 Å². The molecule has 1 aliphatic rings. The summed E-state index contributed by atoms with van der Waals surface area (Å²) in [7, 11) is 0. The molecule has 1 aromatic rings. The van der Waals surface area contributed by atoms with Crippen LogP contribution in [0.25, 0.3) is 6.08 Å². The quantitative estimate of drug-likeness (QED) is 0.876. The maximum Gasteiger partial charge on any atom is 0.321 e. The Kier molecular flexibility index (Phi) is 5.78. The summed E-state index contributed by atoms with van der Waals surface area (Å²) in [6, 6.07) is 8.12. The highest BCUT2D eigenvalue weighted by Gasteiger charge is 2.19. The molecule has 0 bridgehead atoms. The van der Waals surface area contributed by atoms with Gasteiger partial charge in [-0.3, -0.25) is 4.90 Å². The van der Waals surface area contributed by atoms with Crippen LogP contribution in [0.1, 0.15) is 11.1 Å². The number of nitrogens with zero attached hydrogens (tertiary/aromatic N) is 2. The van der Waals surface area contributed by atoms with Gasteiger partial charge < -0.3 is 16.0 Å². The molecular formula is C16H24N4O. The lowest BCUT2D eigenvalue weighted by molar-refractivity contribution is 0.143. The van der Waals surface area contributed by atoms with E-state index in [9.17, 15) is 4.79 Å². The summed E-state index contributed by atoms with van der Waals surface area (Å²) in [5.41, 5.74) is 7.84. The first-order valence-electron chi connectivity index (χ1n) is 7.40. The van der Waals surface area contributed by atoms with Crippen LogP contribution in [0, 0.1) is 6.92 Å². The number of piperazine rings is 1. The molecule has 21 heavy (non-hydrogen) atoms. The molecule has 1 heterocycles. The molecule has 3 N–H and O–H groups in total. The van der Waals surface area contributed by atoms with Crippen molar-refractivity contribution in [2.24, 2.45) is 5.73 Å². The number of aryl methyl sites for hydroxylation is 1. The van der Waals surface area contributed by atoms with Crippen molar-refractivity contribution in [1.29, 1.82) is 0 Å². The average Bonchev–Trinajstić information content (AvgIpc) is 2.48. The third-order valence-electron chi connectivity index (χ3n) is 3.63. The lowest BCUT2D eigenvalue weighted by Crippen LogP contribution is -2.51. The Balaban J connectivity index is 1.77.